The number of anilines is 2. The topological polar surface area (TPSA) is 49.4 Å². The first-order valence-electron chi connectivity index (χ1n) is 9.98. The molecular formula is C24H22N2O2S. The maximum Gasteiger partial charge on any atom is 0.235 e. The third kappa shape index (κ3) is 3.36. The van der Waals surface area contributed by atoms with E-state index in [9.17, 15) is 9.59 Å². The molecule has 0 saturated heterocycles. The van der Waals surface area contributed by atoms with Crippen LogP contribution in [0.4, 0.5) is 11.4 Å². The van der Waals surface area contributed by atoms with Gasteiger partial charge in [-0.25, -0.2) is 0 Å². The average molecular weight is 403 g/mol. The summed E-state index contributed by atoms with van der Waals surface area (Å²) in [6, 6.07) is 20.0. The summed E-state index contributed by atoms with van der Waals surface area (Å²) in [5.41, 5.74) is 3.63. The van der Waals surface area contributed by atoms with Crippen molar-refractivity contribution in [3.05, 3.63) is 82.0 Å². The molecule has 2 amide bonds. The highest BCUT2D eigenvalue weighted by molar-refractivity contribution is 7.10. The van der Waals surface area contributed by atoms with Crippen LogP contribution >= 0.6 is 11.3 Å². The van der Waals surface area contributed by atoms with Crippen LogP contribution in [0.2, 0.25) is 0 Å². The van der Waals surface area contributed by atoms with E-state index >= 15 is 0 Å². The van der Waals surface area contributed by atoms with Crippen LogP contribution in [-0.2, 0) is 28.0 Å². The molecule has 5 rings (SSSR count). The molecule has 5 heteroatoms. The summed E-state index contributed by atoms with van der Waals surface area (Å²) in [5.74, 6) is 0.223. The van der Waals surface area contributed by atoms with Crippen molar-refractivity contribution < 1.29 is 9.59 Å². The zero-order chi connectivity index (χ0) is 19.8. The van der Waals surface area contributed by atoms with Crippen LogP contribution in [0.1, 0.15) is 35.3 Å². The van der Waals surface area contributed by atoms with Crippen molar-refractivity contribution in [3.63, 3.8) is 0 Å². The van der Waals surface area contributed by atoms with Gasteiger partial charge in [0.1, 0.15) is 0 Å². The van der Waals surface area contributed by atoms with Gasteiger partial charge in [0.2, 0.25) is 11.8 Å². The third-order valence-electron chi connectivity index (χ3n) is 5.90. The Morgan fingerprint density at radius 1 is 1.03 bits per heavy atom. The number of nitrogens with zero attached hydrogens (tertiary/aromatic N) is 1. The van der Waals surface area contributed by atoms with Gasteiger partial charge in [0.25, 0.3) is 0 Å². The predicted octanol–water partition coefficient (Wildman–Crippen LogP) is 4.90. The van der Waals surface area contributed by atoms with Gasteiger partial charge in [-0.2, -0.15) is 0 Å². The molecule has 2 aliphatic rings. The summed E-state index contributed by atoms with van der Waals surface area (Å²) in [6.45, 7) is 0.569. The monoisotopic (exact) mass is 402 g/mol. The number of carbonyl (C=O) groups excluding carboxylic acids is 2. The van der Waals surface area contributed by atoms with Crippen molar-refractivity contribution in [3.8, 4) is 0 Å². The van der Waals surface area contributed by atoms with E-state index < -0.39 is 0 Å². The second kappa shape index (κ2) is 7.16. The molecule has 1 N–H and O–H groups in total. The molecule has 2 aromatic carbocycles. The van der Waals surface area contributed by atoms with Crippen molar-refractivity contribution >= 4 is 34.5 Å². The Morgan fingerprint density at radius 3 is 2.59 bits per heavy atom. The molecule has 3 aromatic rings. The smallest absolute Gasteiger partial charge is 0.235 e. The van der Waals surface area contributed by atoms with E-state index in [1.165, 1.54) is 0 Å². The first-order chi connectivity index (χ1) is 14.2. The summed E-state index contributed by atoms with van der Waals surface area (Å²) in [6.07, 6.45) is 3.02. The number of carbonyl (C=O) groups is 2. The van der Waals surface area contributed by atoms with Crippen molar-refractivity contribution in [2.75, 3.05) is 10.2 Å². The van der Waals surface area contributed by atoms with Crippen molar-refractivity contribution in [2.45, 2.75) is 37.6 Å². The minimum Gasteiger partial charge on any atom is -0.325 e. The Bertz CT molecular complexity index is 1060. The van der Waals surface area contributed by atoms with Gasteiger partial charge < -0.3 is 10.2 Å². The SMILES string of the molecule is O=C1CCc2cc(NC(=O)C3(c4cccs4)CC3)ccc2N1Cc1ccccc1. The van der Waals surface area contributed by atoms with E-state index in [-0.39, 0.29) is 17.2 Å². The van der Waals surface area contributed by atoms with Crippen molar-refractivity contribution in [1.82, 2.24) is 0 Å². The van der Waals surface area contributed by atoms with Gasteiger partial charge in [0.15, 0.2) is 0 Å². The lowest BCUT2D eigenvalue weighted by molar-refractivity contribution is -0.119. The zero-order valence-corrected chi connectivity index (χ0v) is 16.9. The highest BCUT2D eigenvalue weighted by atomic mass is 32.1. The van der Waals surface area contributed by atoms with Crippen molar-refractivity contribution in [1.29, 1.82) is 0 Å². The first kappa shape index (κ1) is 18.1. The highest BCUT2D eigenvalue weighted by Gasteiger charge is 2.52. The summed E-state index contributed by atoms with van der Waals surface area (Å²) in [5, 5.41) is 5.15. The van der Waals surface area contributed by atoms with E-state index in [4.69, 9.17) is 0 Å². The van der Waals surface area contributed by atoms with Gasteiger partial charge in [-0.1, -0.05) is 36.4 Å². The molecule has 146 valence electrons. The Balaban J connectivity index is 1.37. The van der Waals surface area contributed by atoms with Gasteiger partial charge in [0.05, 0.1) is 12.0 Å². The molecule has 0 atom stereocenters. The zero-order valence-electron chi connectivity index (χ0n) is 16.1. The van der Waals surface area contributed by atoms with Crippen LogP contribution in [0, 0.1) is 0 Å². The molecule has 1 fully saturated rings. The van der Waals surface area contributed by atoms with Crippen LogP contribution in [-0.4, -0.2) is 11.8 Å². The number of hydrogen-bond acceptors (Lipinski definition) is 3. The summed E-state index contributed by atoms with van der Waals surface area (Å²) < 4.78 is 0. The lowest BCUT2D eigenvalue weighted by Gasteiger charge is -2.30. The molecule has 0 unspecified atom stereocenters. The van der Waals surface area contributed by atoms with Crippen LogP contribution < -0.4 is 10.2 Å². The third-order valence-corrected chi connectivity index (χ3v) is 6.97. The minimum atomic E-state index is -0.348. The standard InChI is InChI=1S/C24H22N2O2S/c27-22-11-8-18-15-19(25-23(28)24(12-13-24)21-7-4-14-29-21)9-10-20(18)26(22)16-17-5-2-1-3-6-17/h1-7,9-10,14-15H,8,11-13,16H2,(H,25,28). The molecule has 29 heavy (non-hydrogen) atoms. The van der Waals surface area contributed by atoms with E-state index in [1.54, 1.807) is 11.3 Å². The highest BCUT2D eigenvalue weighted by Crippen LogP contribution is 2.50. The van der Waals surface area contributed by atoms with Gasteiger partial charge in [-0.05, 0) is 60.0 Å². The van der Waals surface area contributed by atoms with Gasteiger partial charge in [0, 0.05) is 22.7 Å². The quantitative estimate of drug-likeness (QED) is 0.660. The van der Waals surface area contributed by atoms with Crippen molar-refractivity contribution in [2.24, 2.45) is 0 Å². The molecule has 1 saturated carbocycles. The maximum atomic E-state index is 13.0. The number of rotatable bonds is 5. The molecular weight excluding hydrogens is 380 g/mol. The summed E-state index contributed by atoms with van der Waals surface area (Å²) >= 11 is 1.65. The van der Waals surface area contributed by atoms with Crippen LogP contribution in [0.5, 0.6) is 0 Å². The average Bonchev–Trinajstić information content (AvgIpc) is 3.37. The second-order valence-corrected chi connectivity index (χ2v) is 8.77. The van der Waals surface area contributed by atoms with Gasteiger partial charge >= 0.3 is 0 Å². The Labute approximate surface area is 174 Å². The Hall–Kier alpha value is -2.92. The normalized spacial score (nSPS) is 17.0. The molecule has 4 nitrogen and oxygen atoms in total. The summed E-state index contributed by atoms with van der Waals surface area (Å²) in [7, 11) is 0. The predicted molar refractivity (Wildman–Crippen MR) is 116 cm³/mol. The number of aryl methyl sites for hydroxylation is 1. The molecule has 0 radical (unpaired) electrons. The first-order valence-corrected chi connectivity index (χ1v) is 10.9. The van der Waals surface area contributed by atoms with Crippen LogP contribution in [0.15, 0.2) is 66.0 Å². The van der Waals surface area contributed by atoms with E-state index in [0.717, 1.165) is 40.2 Å². The number of fused-ring (bicyclic) bond motifs is 1. The number of hydrogen-bond donors (Lipinski definition) is 1. The second-order valence-electron chi connectivity index (χ2n) is 7.82. The number of thiophene rings is 1. The van der Waals surface area contributed by atoms with E-state index in [2.05, 4.69) is 11.4 Å². The largest absolute Gasteiger partial charge is 0.325 e. The maximum absolute atomic E-state index is 13.0. The fourth-order valence-corrected chi connectivity index (χ4v) is 5.07. The lowest BCUT2D eigenvalue weighted by Crippen LogP contribution is -2.34. The molecule has 0 spiro atoms. The molecule has 0 bridgehead atoms. The molecule has 1 aromatic heterocycles. The van der Waals surface area contributed by atoms with E-state index in [0.29, 0.717) is 19.4 Å². The minimum absolute atomic E-state index is 0.0768. The Kier molecular flexibility index (Phi) is 4.47. The molecule has 1 aliphatic heterocycles. The number of amides is 2. The fraction of sp³-hybridized carbons (Fsp3) is 0.250. The molecule has 2 heterocycles. The van der Waals surface area contributed by atoms with Crippen LogP contribution in [0.3, 0.4) is 0 Å². The van der Waals surface area contributed by atoms with Gasteiger partial charge in [-0.15, -0.1) is 11.3 Å². The number of benzene rings is 2. The molecule has 1 aliphatic carbocycles. The summed E-state index contributed by atoms with van der Waals surface area (Å²) in [4.78, 5) is 28.5. The van der Waals surface area contributed by atoms with Gasteiger partial charge in [-0.3, -0.25) is 9.59 Å². The fourth-order valence-electron chi connectivity index (χ4n) is 4.09. The van der Waals surface area contributed by atoms with Crippen LogP contribution in [0.25, 0.3) is 0 Å². The lowest BCUT2D eigenvalue weighted by atomic mass is 9.99. The van der Waals surface area contributed by atoms with E-state index in [1.807, 2.05) is 64.9 Å². The number of nitrogens with one attached hydrogen (secondary N) is 1. The Morgan fingerprint density at radius 2 is 1.86 bits per heavy atom.